The van der Waals surface area contributed by atoms with Crippen LogP contribution in [0.3, 0.4) is 0 Å². The van der Waals surface area contributed by atoms with Crippen LogP contribution in [-0.2, 0) is 6.42 Å². The highest BCUT2D eigenvalue weighted by molar-refractivity contribution is 14.0. The summed E-state index contributed by atoms with van der Waals surface area (Å²) in [6.07, 6.45) is 3.18. The average molecular weight is 544 g/mol. The highest BCUT2D eigenvalue weighted by atomic mass is 127. The maximum absolute atomic E-state index is 4.61. The number of rotatable bonds is 8. The van der Waals surface area contributed by atoms with Gasteiger partial charge in [0.1, 0.15) is 5.82 Å². The zero-order valence-corrected chi connectivity index (χ0v) is 21.4. The predicted octanol–water partition coefficient (Wildman–Crippen LogP) is 3.33. The van der Waals surface area contributed by atoms with E-state index in [0.717, 1.165) is 75.4 Å². The summed E-state index contributed by atoms with van der Waals surface area (Å²) in [7, 11) is 4.03. The second-order valence-electron chi connectivity index (χ2n) is 7.26. The van der Waals surface area contributed by atoms with E-state index in [1.165, 1.54) is 17.2 Å². The van der Waals surface area contributed by atoms with Gasteiger partial charge >= 0.3 is 0 Å². The summed E-state index contributed by atoms with van der Waals surface area (Å²) in [5.74, 6) is 1.95. The molecule has 0 aliphatic carbocycles. The Morgan fingerprint density at radius 3 is 2.53 bits per heavy atom. The molecule has 1 aromatic heterocycles. The summed E-state index contributed by atoms with van der Waals surface area (Å²) in [6, 6.07) is 10.5. The number of aromatic nitrogens is 2. The number of para-hydroxylation sites is 1. The Morgan fingerprint density at radius 2 is 1.90 bits per heavy atom. The minimum atomic E-state index is 0. The van der Waals surface area contributed by atoms with Crippen molar-refractivity contribution in [3.05, 3.63) is 36.2 Å². The van der Waals surface area contributed by atoms with Gasteiger partial charge in [-0.25, -0.2) is 4.98 Å². The molecule has 1 fully saturated rings. The summed E-state index contributed by atoms with van der Waals surface area (Å²) >= 11 is 1.51. The van der Waals surface area contributed by atoms with Gasteiger partial charge in [0.05, 0.1) is 0 Å². The lowest BCUT2D eigenvalue weighted by Gasteiger charge is -2.36. The molecule has 0 amide bonds. The molecule has 0 atom stereocenters. The summed E-state index contributed by atoms with van der Waals surface area (Å²) in [6.45, 7) is 7.94. The molecule has 0 bridgehead atoms. The monoisotopic (exact) mass is 543 g/mol. The SMILES string of the molecule is CCc1nsc(N2CCN(C(=NC)NCCCCN(C)c3ccccc3)CC2)n1.I. The maximum atomic E-state index is 4.61. The fourth-order valence-electron chi connectivity index (χ4n) is 3.44. The van der Waals surface area contributed by atoms with E-state index in [2.05, 4.69) is 78.7 Å². The predicted molar refractivity (Wildman–Crippen MR) is 139 cm³/mol. The normalized spacial score (nSPS) is 14.4. The number of hydrogen-bond donors (Lipinski definition) is 1. The number of aryl methyl sites for hydroxylation is 1. The summed E-state index contributed by atoms with van der Waals surface area (Å²) in [5, 5.41) is 4.58. The molecule has 1 aliphatic heterocycles. The second-order valence-corrected chi connectivity index (χ2v) is 7.99. The number of unbranched alkanes of at least 4 members (excludes halogenated alkanes) is 1. The first-order valence-electron chi connectivity index (χ1n) is 10.5. The molecule has 7 nitrogen and oxygen atoms in total. The van der Waals surface area contributed by atoms with Crippen LogP contribution in [0.2, 0.25) is 0 Å². The van der Waals surface area contributed by atoms with E-state index in [1.54, 1.807) is 0 Å². The number of hydrogen-bond acceptors (Lipinski definition) is 6. The first-order chi connectivity index (χ1) is 14.2. The number of nitrogens with zero attached hydrogens (tertiary/aromatic N) is 6. The topological polar surface area (TPSA) is 59.9 Å². The third-order valence-electron chi connectivity index (χ3n) is 5.24. The van der Waals surface area contributed by atoms with Crippen molar-refractivity contribution in [1.29, 1.82) is 0 Å². The molecular formula is C21H34IN7S. The zero-order valence-electron chi connectivity index (χ0n) is 18.3. The molecule has 0 spiro atoms. The van der Waals surface area contributed by atoms with Crippen molar-refractivity contribution in [1.82, 2.24) is 19.6 Å². The smallest absolute Gasteiger partial charge is 0.205 e. The van der Waals surface area contributed by atoms with Crippen LogP contribution in [0, 0.1) is 0 Å². The van der Waals surface area contributed by atoms with E-state index in [0.29, 0.717) is 0 Å². The fraction of sp³-hybridized carbons (Fsp3) is 0.571. The lowest BCUT2D eigenvalue weighted by atomic mass is 10.2. The molecule has 30 heavy (non-hydrogen) atoms. The first-order valence-corrected chi connectivity index (χ1v) is 11.3. The van der Waals surface area contributed by atoms with Gasteiger partial charge in [-0.3, -0.25) is 4.99 Å². The molecular weight excluding hydrogens is 509 g/mol. The Bertz CT molecular complexity index is 760. The first kappa shape index (κ1) is 24.6. The van der Waals surface area contributed by atoms with Crippen molar-refractivity contribution in [2.75, 3.05) is 63.2 Å². The summed E-state index contributed by atoms with van der Waals surface area (Å²) in [4.78, 5) is 16.1. The lowest BCUT2D eigenvalue weighted by Crippen LogP contribution is -2.52. The van der Waals surface area contributed by atoms with Crippen LogP contribution in [0.5, 0.6) is 0 Å². The van der Waals surface area contributed by atoms with Crippen LogP contribution in [0.25, 0.3) is 0 Å². The average Bonchev–Trinajstić information content (AvgIpc) is 3.26. The quantitative estimate of drug-likeness (QED) is 0.239. The van der Waals surface area contributed by atoms with Crippen LogP contribution in [-0.4, -0.2) is 73.6 Å². The Kier molecular flexibility index (Phi) is 10.6. The van der Waals surface area contributed by atoms with E-state index in [-0.39, 0.29) is 24.0 Å². The van der Waals surface area contributed by atoms with Crippen molar-refractivity contribution >= 4 is 52.3 Å². The molecule has 3 rings (SSSR count). The number of benzene rings is 1. The van der Waals surface area contributed by atoms with Crippen LogP contribution in [0.1, 0.15) is 25.6 Å². The Labute approximate surface area is 201 Å². The van der Waals surface area contributed by atoms with Crippen LogP contribution in [0.15, 0.2) is 35.3 Å². The summed E-state index contributed by atoms with van der Waals surface area (Å²) in [5.41, 5.74) is 1.27. The van der Waals surface area contributed by atoms with E-state index in [9.17, 15) is 0 Å². The van der Waals surface area contributed by atoms with E-state index < -0.39 is 0 Å². The van der Waals surface area contributed by atoms with Gasteiger partial charge in [0, 0.05) is 77.0 Å². The third kappa shape index (κ3) is 6.97. The molecule has 2 heterocycles. The molecule has 1 aliphatic rings. The molecule has 1 N–H and O–H groups in total. The molecule has 9 heteroatoms. The van der Waals surface area contributed by atoms with Gasteiger partial charge in [-0.15, -0.1) is 24.0 Å². The van der Waals surface area contributed by atoms with Crippen molar-refractivity contribution in [3.8, 4) is 0 Å². The number of halogens is 1. The Hall–Kier alpha value is -1.62. The standard InChI is InChI=1S/C21H33N7S.HI/c1-4-19-24-21(29-25-19)28-16-14-27(15-17-28)20(22-2)23-12-8-9-13-26(3)18-10-6-5-7-11-18;/h5-7,10-11H,4,8-9,12-17H2,1-3H3,(H,22,23);1H. The maximum Gasteiger partial charge on any atom is 0.205 e. The van der Waals surface area contributed by atoms with Gasteiger partial charge in [-0.2, -0.15) is 4.37 Å². The largest absolute Gasteiger partial charge is 0.375 e. The number of nitrogens with one attached hydrogen (secondary N) is 1. The molecule has 166 valence electrons. The van der Waals surface area contributed by atoms with Crippen molar-refractivity contribution in [2.24, 2.45) is 4.99 Å². The zero-order chi connectivity index (χ0) is 20.5. The molecule has 0 unspecified atom stereocenters. The molecule has 2 aromatic rings. The number of piperazine rings is 1. The third-order valence-corrected chi connectivity index (χ3v) is 6.05. The van der Waals surface area contributed by atoms with Crippen molar-refractivity contribution < 1.29 is 0 Å². The van der Waals surface area contributed by atoms with E-state index in [1.807, 2.05) is 7.05 Å². The Morgan fingerprint density at radius 1 is 1.17 bits per heavy atom. The number of aliphatic imine (C=N–C) groups is 1. The highest BCUT2D eigenvalue weighted by Gasteiger charge is 2.21. The molecule has 0 saturated carbocycles. The summed E-state index contributed by atoms with van der Waals surface area (Å²) < 4.78 is 4.41. The van der Waals surface area contributed by atoms with Crippen molar-refractivity contribution in [3.63, 3.8) is 0 Å². The van der Waals surface area contributed by atoms with Gasteiger partial charge in [0.2, 0.25) is 5.13 Å². The molecule has 0 radical (unpaired) electrons. The minimum Gasteiger partial charge on any atom is -0.375 e. The Balaban J connectivity index is 0.00000320. The van der Waals surface area contributed by atoms with E-state index in [4.69, 9.17) is 0 Å². The van der Waals surface area contributed by atoms with E-state index >= 15 is 0 Å². The minimum absolute atomic E-state index is 0. The van der Waals surface area contributed by atoms with Gasteiger partial charge in [0.15, 0.2) is 5.96 Å². The van der Waals surface area contributed by atoms with Crippen LogP contribution >= 0.6 is 35.5 Å². The van der Waals surface area contributed by atoms with Gasteiger partial charge in [0.25, 0.3) is 0 Å². The number of anilines is 2. The van der Waals surface area contributed by atoms with Gasteiger partial charge in [-0.1, -0.05) is 25.1 Å². The fourth-order valence-corrected chi connectivity index (χ4v) is 4.25. The van der Waals surface area contributed by atoms with Crippen molar-refractivity contribution in [2.45, 2.75) is 26.2 Å². The molecule has 1 aromatic carbocycles. The lowest BCUT2D eigenvalue weighted by molar-refractivity contribution is 0.372. The molecule has 1 saturated heterocycles. The van der Waals surface area contributed by atoms with Gasteiger partial charge < -0.3 is 20.0 Å². The van der Waals surface area contributed by atoms with Crippen LogP contribution in [0.4, 0.5) is 10.8 Å². The number of guanidine groups is 1. The van der Waals surface area contributed by atoms with Crippen LogP contribution < -0.4 is 15.1 Å². The van der Waals surface area contributed by atoms with Gasteiger partial charge in [-0.05, 0) is 25.0 Å². The highest BCUT2D eigenvalue weighted by Crippen LogP contribution is 2.19. The second kappa shape index (κ2) is 12.9.